The molecule has 0 amide bonds. The Morgan fingerprint density at radius 1 is 0.947 bits per heavy atom. The Balaban J connectivity index is 2.31. The molecule has 0 saturated heterocycles. The highest BCUT2D eigenvalue weighted by atomic mass is 35.5. The Bertz CT molecular complexity index is 552. The lowest BCUT2D eigenvalue weighted by molar-refractivity contribution is 0.220. The Hall–Kier alpha value is -1.31. The van der Waals surface area contributed by atoms with E-state index >= 15 is 0 Å². The van der Waals surface area contributed by atoms with Gasteiger partial charge in [-0.1, -0.05) is 74.8 Å². The van der Waals surface area contributed by atoms with Crippen molar-refractivity contribution in [3.8, 4) is 0 Å². The van der Waals surface area contributed by atoms with Crippen molar-refractivity contribution in [3.05, 3.63) is 70.2 Å². The van der Waals surface area contributed by atoms with Crippen molar-refractivity contribution < 1.29 is 5.11 Å². The minimum Gasteiger partial charge on any atom is -0.384 e. The molecule has 2 aromatic rings. The third-order valence-corrected chi connectivity index (χ3v) is 3.64. The van der Waals surface area contributed by atoms with Crippen molar-refractivity contribution >= 4 is 11.6 Å². The van der Waals surface area contributed by atoms with Gasteiger partial charge in [0, 0.05) is 10.6 Å². The van der Waals surface area contributed by atoms with Gasteiger partial charge in [-0.25, -0.2) is 0 Å². The highest BCUT2D eigenvalue weighted by Gasteiger charge is 2.16. The van der Waals surface area contributed by atoms with Crippen molar-refractivity contribution in [2.75, 3.05) is 0 Å². The lowest BCUT2D eigenvalue weighted by Crippen LogP contribution is -2.11. The quantitative estimate of drug-likeness (QED) is 0.840. The van der Waals surface area contributed by atoms with Crippen LogP contribution in [0.3, 0.4) is 0 Å². The fraction of sp³-hybridized carbons (Fsp3) is 0.294. The summed E-state index contributed by atoms with van der Waals surface area (Å²) in [7, 11) is 0. The van der Waals surface area contributed by atoms with E-state index in [4.69, 9.17) is 11.6 Å². The number of aliphatic hydroxyl groups is 1. The molecule has 0 spiro atoms. The fourth-order valence-corrected chi connectivity index (χ4v) is 2.28. The van der Waals surface area contributed by atoms with Gasteiger partial charge in [0.2, 0.25) is 0 Å². The van der Waals surface area contributed by atoms with Crippen molar-refractivity contribution in [2.45, 2.75) is 32.3 Å². The molecule has 0 aliphatic heterocycles. The Labute approximate surface area is 119 Å². The van der Waals surface area contributed by atoms with E-state index in [1.807, 2.05) is 30.3 Å². The molecule has 100 valence electrons. The molecular weight excluding hydrogens is 256 g/mol. The standard InChI is InChI=1S/C17H19ClO/c1-17(2,3)13-10-8-12(9-11-13)16(19)14-6-4-5-7-15(14)18/h4-11,16,19H,1-3H3. The van der Waals surface area contributed by atoms with Gasteiger partial charge in [0.25, 0.3) is 0 Å². The summed E-state index contributed by atoms with van der Waals surface area (Å²) in [5, 5.41) is 11.0. The minimum absolute atomic E-state index is 0.119. The molecule has 0 saturated carbocycles. The Morgan fingerprint density at radius 2 is 1.53 bits per heavy atom. The molecule has 2 aromatic carbocycles. The molecule has 0 heterocycles. The van der Waals surface area contributed by atoms with E-state index in [2.05, 4.69) is 32.9 Å². The summed E-state index contributed by atoms with van der Waals surface area (Å²) < 4.78 is 0. The van der Waals surface area contributed by atoms with Gasteiger partial charge in [-0.2, -0.15) is 0 Å². The third kappa shape index (κ3) is 3.17. The third-order valence-electron chi connectivity index (χ3n) is 3.29. The molecule has 1 N–H and O–H groups in total. The fourth-order valence-electron chi connectivity index (χ4n) is 2.04. The highest BCUT2D eigenvalue weighted by molar-refractivity contribution is 6.31. The highest BCUT2D eigenvalue weighted by Crippen LogP contribution is 2.29. The zero-order chi connectivity index (χ0) is 14.0. The molecule has 19 heavy (non-hydrogen) atoms. The van der Waals surface area contributed by atoms with Crippen LogP contribution in [0.4, 0.5) is 0 Å². The van der Waals surface area contributed by atoms with Crippen LogP contribution in [0.15, 0.2) is 48.5 Å². The minimum atomic E-state index is -0.678. The van der Waals surface area contributed by atoms with Crippen LogP contribution in [0.25, 0.3) is 0 Å². The van der Waals surface area contributed by atoms with Crippen LogP contribution in [0.2, 0.25) is 5.02 Å². The van der Waals surface area contributed by atoms with Crippen LogP contribution in [-0.4, -0.2) is 5.11 Å². The number of benzene rings is 2. The van der Waals surface area contributed by atoms with Gasteiger partial charge >= 0.3 is 0 Å². The average molecular weight is 275 g/mol. The molecular formula is C17H19ClO. The predicted octanol–water partition coefficient (Wildman–Crippen LogP) is 4.72. The number of rotatable bonds is 2. The van der Waals surface area contributed by atoms with Crippen LogP contribution >= 0.6 is 11.6 Å². The van der Waals surface area contributed by atoms with E-state index in [0.717, 1.165) is 11.1 Å². The summed E-state index contributed by atoms with van der Waals surface area (Å²) in [6.07, 6.45) is -0.678. The second-order valence-corrected chi connectivity index (χ2v) is 6.20. The summed E-state index contributed by atoms with van der Waals surface area (Å²) in [4.78, 5) is 0. The predicted molar refractivity (Wildman–Crippen MR) is 80.7 cm³/mol. The molecule has 1 atom stereocenters. The topological polar surface area (TPSA) is 20.2 Å². The zero-order valence-corrected chi connectivity index (χ0v) is 12.3. The van der Waals surface area contributed by atoms with Gasteiger partial charge in [0.05, 0.1) is 0 Å². The second kappa shape index (κ2) is 5.36. The first-order chi connectivity index (χ1) is 8.89. The second-order valence-electron chi connectivity index (χ2n) is 5.80. The molecule has 0 bridgehead atoms. The molecule has 0 aliphatic carbocycles. The largest absolute Gasteiger partial charge is 0.384 e. The van der Waals surface area contributed by atoms with Gasteiger partial charge in [-0.3, -0.25) is 0 Å². The van der Waals surface area contributed by atoms with Gasteiger partial charge in [-0.15, -0.1) is 0 Å². The average Bonchev–Trinajstić information content (AvgIpc) is 2.38. The monoisotopic (exact) mass is 274 g/mol. The van der Waals surface area contributed by atoms with Crippen molar-refractivity contribution in [1.82, 2.24) is 0 Å². The maximum atomic E-state index is 10.4. The van der Waals surface area contributed by atoms with Gasteiger partial charge < -0.3 is 5.11 Å². The van der Waals surface area contributed by atoms with Gasteiger partial charge in [0.15, 0.2) is 0 Å². The first-order valence-corrected chi connectivity index (χ1v) is 6.80. The van der Waals surface area contributed by atoms with Crippen LogP contribution in [-0.2, 0) is 5.41 Å². The lowest BCUT2D eigenvalue weighted by Gasteiger charge is -2.20. The molecule has 0 radical (unpaired) electrons. The molecule has 2 rings (SSSR count). The maximum absolute atomic E-state index is 10.4. The van der Waals surface area contributed by atoms with E-state index in [0.29, 0.717) is 5.02 Å². The summed E-state index contributed by atoms with van der Waals surface area (Å²) >= 11 is 6.11. The number of hydrogen-bond acceptors (Lipinski definition) is 1. The summed E-state index contributed by atoms with van der Waals surface area (Å²) in [5.74, 6) is 0. The van der Waals surface area contributed by atoms with Crippen LogP contribution in [0.1, 0.15) is 43.6 Å². The van der Waals surface area contributed by atoms with Crippen molar-refractivity contribution in [3.63, 3.8) is 0 Å². The molecule has 0 aliphatic rings. The number of hydrogen-bond donors (Lipinski definition) is 1. The number of halogens is 1. The van der Waals surface area contributed by atoms with E-state index in [-0.39, 0.29) is 5.41 Å². The zero-order valence-electron chi connectivity index (χ0n) is 11.5. The van der Waals surface area contributed by atoms with E-state index in [1.54, 1.807) is 6.07 Å². The number of aliphatic hydroxyl groups excluding tert-OH is 1. The molecule has 1 nitrogen and oxygen atoms in total. The van der Waals surface area contributed by atoms with Crippen molar-refractivity contribution in [1.29, 1.82) is 0 Å². The summed E-state index contributed by atoms with van der Waals surface area (Å²) in [5.41, 5.74) is 2.98. The van der Waals surface area contributed by atoms with Crippen LogP contribution in [0, 0.1) is 0 Å². The van der Waals surface area contributed by atoms with Crippen LogP contribution < -0.4 is 0 Å². The smallest absolute Gasteiger partial charge is 0.105 e. The molecule has 0 aromatic heterocycles. The van der Waals surface area contributed by atoms with E-state index in [9.17, 15) is 5.11 Å². The van der Waals surface area contributed by atoms with E-state index < -0.39 is 6.10 Å². The Morgan fingerprint density at radius 3 is 2.05 bits per heavy atom. The maximum Gasteiger partial charge on any atom is 0.105 e. The summed E-state index contributed by atoms with van der Waals surface area (Å²) in [6, 6.07) is 15.5. The summed E-state index contributed by atoms with van der Waals surface area (Å²) in [6.45, 7) is 6.52. The SMILES string of the molecule is CC(C)(C)c1ccc(C(O)c2ccccc2Cl)cc1. The molecule has 0 fully saturated rings. The lowest BCUT2D eigenvalue weighted by atomic mass is 9.86. The first-order valence-electron chi connectivity index (χ1n) is 6.42. The van der Waals surface area contributed by atoms with Crippen molar-refractivity contribution in [2.24, 2.45) is 0 Å². The first kappa shape index (κ1) is 14.1. The van der Waals surface area contributed by atoms with Crippen LogP contribution in [0.5, 0.6) is 0 Å². The van der Waals surface area contributed by atoms with Gasteiger partial charge in [0.1, 0.15) is 6.10 Å². The van der Waals surface area contributed by atoms with Gasteiger partial charge in [-0.05, 0) is 22.6 Å². The van der Waals surface area contributed by atoms with E-state index in [1.165, 1.54) is 5.56 Å². The Kier molecular flexibility index (Phi) is 3.98. The molecule has 1 unspecified atom stereocenters. The normalized spacial score (nSPS) is 13.3. The molecule has 2 heteroatoms.